The van der Waals surface area contributed by atoms with Crippen molar-refractivity contribution in [2.45, 2.75) is 50.6 Å². The van der Waals surface area contributed by atoms with Gasteiger partial charge < -0.3 is 10.6 Å². The van der Waals surface area contributed by atoms with Gasteiger partial charge in [0.1, 0.15) is 0 Å². The third kappa shape index (κ3) is 5.67. The number of hydrogen-bond acceptors (Lipinski definition) is 5. The fourth-order valence-electron chi connectivity index (χ4n) is 4.88. The maximum atomic E-state index is 13.1. The first kappa shape index (κ1) is 22.7. The Morgan fingerprint density at radius 1 is 1.19 bits per heavy atom. The van der Waals surface area contributed by atoms with Crippen LogP contribution in [0.1, 0.15) is 50.6 Å². The van der Waals surface area contributed by atoms with Crippen LogP contribution in [0.4, 0.5) is 10.3 Å². The van der Waals surface area contributed by atoms with E-state index in [0.29, 0.717) is 21.9 Å². The van der Waals surface area contributed by atoms with E-state index in [0.717, 1.165) is 63.8 Å². The summed E-state index contributed by atoms with van der Waals surface area (Å²) in [6.45, 7) is 6.23. The molecule has 0 bridgehead atoms. The number of halogens is 3. The molecule has 2 aromatic rings. The van der Waals surface area contributed by atoms with Crippen molar-refractivity contribution in [1.82, 2.24) is 20.2 Å². The SMILES string of the molecule is CC1(Nc2ncc(F)cn2)CCC(CC(c2cccc(Cl)c2Cl)N2CCNCC2)CC1. The third-order valence-corrected chi connectivity index (χ3v) is 7.57. The molecule has 0 spiro atoms. The van der Waals surface area contributed by atoms with Gasteiger partial charge >= 0.3 is 0 Å². The minimum atomic E-state index is -0.418. The van der Waals surface area contributed by atoms with E-state index in [9.17, 15) is 4.39 Å². The Balaban J connectivity index is 1.43. The standard InChI is InChI=1S/C23H30Cl2FN5/c1-23(30-22-28-14-17(26)15-29-22)7-5-16(6-8-23)13-20(31-11-9-27-10-12-31)18-3-2-4-19(24)21(18)25/h2-4,14-16,20,27H,5-13H2,1H3,(H,28,29,30). The number of hydrogen-bond donors (Lipinski definition) is 2. The summed E-state index contributed by atoms with van der Waals surface area (Å²) in [5.41, 5.74) is 1.06. The second-order valence-corrected chi connectivity index (χ2v) is 9.82. The van der Waals surface area contributed by atoms with E-state index in [2.05, 4.69) is 38.5 Å². The predicted octanol–water partition coefficient (Wildman–Crippen LogP) is 5.32. The number of piperazine rings is 1. The Hall–Kier alpha value is -1.47. The molecule has 0 radical (unpaired) electrons. The van der Waals surface area contributed by atoms with E-state index in [1.165, 1.54) is 12.4 Å². The van der Waals surface area contributed by atoms with Crippen molar-refractivity contribution in [3.05, 3.63) is 52.0 Å². The molecule has 1 aliphatic heterocycles. The number of nitrogens with one attached hydrogen (secondary N) is 2. The summed E-state index contributed by atoms with van der Waals surface area (Å²) in [4.78, 5) is 10.7. The summed E-state index contributed by atoms with van der Waals surface area (Å²) in [6.07, 6.45) is 7.76. The first-order valence-corrected chi connectivity index (χ1v) is 11.8. The molecule has 1 atom stereocenters. The van der Waals surface area contributed by atoms with E-state index in [1.807, 2.05) is 12.1 Å². The highest BCUT2D eigenvalue weighted by atomic mass is 35.5. The minimum absolute atomic E-state index is 0.0768. The lowest BCUT2D eigenvalue weighted by atomic mass is 9.75. The Kier molecular flexibility index (Phi) is 7.32. The molecule has 0 amide bonds. The molecule has 31 heavy (non-hydrogen) atoms. The molecule has 1 saturated heterocycles. The van der Waals surface area contributed by atoms with Gasteiger partial charge in [0, 0.05) is 37.8 Å². The second kappa shape index (κ2) is 9.99. The molecule has 2 aliphatic rings. The van der Waals surface area contributed by atoms with Crippen molar-refractivity contribution in [1.29, 1.82) is 0 Å². The molecule has 1 saturated carbocycles. The number of rotatable bonds is 6. The fourth-order valence-corrected chi connectivity index (χ4v) is 5.32. The van der Waals surface area contributed by atoms with Gasteiger partial charge in [0.25, 0.3) is 0 Å². The Morgan fingerprint density at radius 3 is 2.55 bits per heavy atom. The van der Waals surface area contributed by atoms with Gasteiger partial charge in [-0.2, -0.15) is 0 Å². The van der Waals surface area contributed by atoms with Crippen LogP contribution < -0.4 is 10.6 Å². The van der Waals surface area contributed by atoms with Gasteiger partial charge in [-0.1, -0.05) is 35.3 Å². The highest BCUT2D eigenvalue weighted by Gasteiger charge is 2.34. The Bertz CT molecular complexity index is 865. The first-order valence-electron chi connectivity index (χ1n) is 11.1. The number of aromatic nitrogens is 2. The van der Waals surface area contributed by atoms with Crippen molar-refractivity contribution in [3.8, 4) is 0 Å². The van der Waals surface area contributed by atoms with Crippen LogP contribution in [-0.4, -0.2) is 46.6 Å². The molecule has 5 nitrogen and oxygen atoms in total. The molecule has 2 heterocycles. The number of anilines is 1. The van der Waals surface area contributed by atoms with Crippen LogP contribution in [-0.2, 0) is 0 Å². The van der Waals surface area contributed by atoms with Gasteiger partial charge in [-0.3, -0.25) is 4.90 Å². The third-order valence-electron chi connectivity index (χ3n) is 6.73. The summed E-state index contributed by atoms with van der Waals surface area (Å²) < 4.78 is 13.1. The highest BCUT2D eigenvalue weighted by Crippen LogP contribution is 2.42. The average molecular weight is 466 g/mol. The highest BCUT2D eigenvalue weighted by molar-refractivity contribution is 6.42. The molecule has 1 aromatic heterocycles. The van der Waals surface area contributed by atoms with Gasteiger partial charge in [-0.25, -0.2) is 14.4 Å². The van der Waals surface area contributed by atoms with Crippen LogP contribution >= 0.6 is 23.2 Å². The predicted molar refractivity (Wildman–Crippen MR) is 124 cm³/mol. The summed E-state index contributed by atoms with van der Waals surface area (Å²) in [7, 11) is 0. The van der Waals surface area contributed by atoms with Gasteiger partial charge in [0.2, 0.25) is 5.95 Å². The van der Waals surface area contributed by atoms with Gasteiger partial charge in [-0.15, -0.1) is 0 Å². The molecule has 1 aliphatic carbocycles. The molecule has 168 valence electrons. The Morgan fingerprint density at radius 2 is 1.87 bits per heavy atom. The van der Waals surface area contributed by atoms with Crippen LogP contribution in [0.2, 0.25) is 10.0 Å². The lowest BCUT2D eigenvalue weighted by Crippen LogP contribution is -2.46. The van der Waals surface area contributed by atoms with Gasteiger partial charge in [0.15, 0.2) is 5.82 Å². The van der Waals surface area contributed by atoms with E-state index in [-0.39, 0.29) is 11.6 Å². The second-order valence-electron chi connectivity index (χ2n) is 9.03. The van der Waals surface area contributed by atoms with E-state index < -0.39 is 5.82 Å². The van der Waals surface area contributed by atoms with Crippen molar-refractivity contribution in [2.24, 2.45) is 5.92 Å². The molecule has 1 unspecified atom stereocenters. The maximum absolute atomic E-state index is 13.1. The van der Waals surface area contributed by atoms with Crippen LogP contribution in [0.3, 0.4) is 0 Å². The minimum Gasteiger partial charge on any atom is -0.349 e. The largest absolute Gasteiger partial charge is 0.349 e. The van der Waals surface area contributed by atoms with Crippen molar-refractivity contribution < 1.29 is 4.39 Å². The number of nitrogens with zero attached hydrogens (tertiary/aromatic N) is 3. The zero-order valence-corrected chi connectivity index (χ0v) is 19.4. The molecule has 2 fully saturated rings. The topological polar surface area (TPSA) is 53.1 Å². The molecular weight excluding hydrogens is 436 g/mol. The van der Waals surface area contributed by atoms with E-state index in [4.69, 9.17) is 23.2 Å². The summed E-state index contributed by atoms with van der Waals surface area (Å²) >= 11 is 13.0. The Labute approximate surface area is 193 Å². The normalized spacial score (nSPS) is 25.9. The summed E-state index contributed by atoms with van der Waals surface area (Å²) in [5, 5.41) is 8.18. The van der Waals surface area contributed by atoms with Gasteiger partial charge in [0.05, 0.1) is 22.4 Å². The summed E-state index contributed by atoms with van der Waals surface area (Å²) in [5.74, 6) is 0.684. The van der Waals surface area contributed by atoms with Crippen LogP contribution in [0.5, 0.6) is 0 Å². The zero-order valence-electron chi connectivity index (χ0n) is 17.9. The van der Waals surface area contributed by atoms with Crippen LogP contribution in [0, 0.1) is 11.7 Å². The average Bonchev–Trinajstić information content (AvgIpc) is 2.78. The first-order chi connectivity index (χ1) is 14.9. The maximum Gasteiger partial charge on any atom is 0.223 e. The lowest BCUT2D eigenvalue weighted by Gasteiger charge is -2.42. The van der Waals surface area contributed by atoms with Gasteiger partial charge in [-0.05, 0) is 56.6 Å². The van der Waals surface area contributed by atoms with Crippen molar-refractivity contribution in [3.63, 3.8) is 0 Å². The number of benzene rings is 1. The van der Waals surface area contributed by atoms with E-state index >= 15 is 0 Å². The molecular formula is C23H30Cl2FN5. The molecule has 4 rings (SSSR count). The van der Waals surface area contributed by atoms with Crippen molar-refractivity contribution >= 4 is 29.2 Å². The smallest absolute Gasteiger partial charge is 0.223 e. The zero-order chi connectivity index (χ0) is 21.8. The monoisotopic (exact) mass is 465 g/mol. The molecule has 8 heteroatoms. The molecule has 1 aromatic carbocycles. The van der Waals surface area contributed by atoms with Crippen molar-refractivity contribution in [2.75, 3.05) is 31.5 Å². The molecule has 2 N–H and O–H groups in total. The summed E-state index contributed by atoms with van der Waals surface area (Å²) in [6, 6.07) is 6.26. The van der Waals surface area contributed by atoms with Crippen LogP contribution in [0.25, 0.3) is 0 Å². The quantitative estimate of drug-likeness (QED) is 0.604. The van der Waals surface area contributed by atoms with Crippen LogP contribution in [0.15, 0.2) is 30.6 Å². The van der Waals surface area contributed by atoms with E-state index in [1.54, 1.807) is 0 Å². The lowest BCUT2D eigenvalue weighted by molar-refractivity contribution is 0.132. The fraction of sp³-hybridized carbons (Fsp3) is 0.565.